The number of nitrogens with one attached hydrogen (secondary N) is 1. The summed E-state index contributed by atoms with van der Waals surface area (Å²) in [6.07, 6.45) is 1.63. The van der Waals surface area contributed by atoms with Gasteiger partial charge in [-0.15, -0.1) is 11.3 Å². The third-order valence-electron chi connectivity index (χ3n) is 4.07. The van der Waals surface area contributed by atoms with Gasteiger partial charge in [0.05, 0.1) is 12.5 Å². The average Bonchev–Trinajstić information content (AvgIpc) is 3.07. The predicted octanol–water partition coefficient (Wildman–Crippen LogP) is 3.08. The zero-order valence-electron chi connectivity index (χ0n) is 11.5. The van der Waals surface area contributed by atoms with Gasteiger partial charge in [-0.05, 0) is 41.0 Å². The summed E-state index contributed by atoms with van der Waals surface area (Å²) in [7, 11) is 0. The van der Waals surface area contributed by atoms with E-state index in [0.29, 0.717) is 6.42 Å². The fourth-order valence-corrected chi connectivity index (χ4v) is 5.34. The van der Waals surface area contributed by atoms with Crippen molar-refractivity contribution in [1.29, 1.82) is 0 Å². The first-order valence-electron chi connectivity index (χ1n) is 7.08. The van der Waals surface area contributed by atoms with Crippen molar-refractivity contribution in [2.24, 2.45) is 5.73 Å². The van der Waals surface area contributed by atoms with Crippen LogP contribution in [-0.2, 0) is 23.4 Å². The normalized spacial score (nSPS) is 18.0. The van der Waals surface area contributed by atoms with Crippen LogP contribution in [0.5, 0.6) is 0 Å². The molecule has 0 spiro atoms. The van der Waals surface area contributed by atoms with Gasteiger partial charge in [0.15, 0.2) is 0 Å². The van der Waals surface area contributed by atoms with Gasteiger partial charge in [0.1, 0.15) is 0 Å². The van der Waals surface area contributed by atoms with Gasteiger partial charge in [0.2, 0.25) is 5.91 Å². The van der Waals surface area contributed by atoms with Crippen LogP contribution in [0.1, 0.15) is 32.5 Å². The summed E-state index contributed by atoms with van der Waals surface area (Å²) in [5.41, 5.74) is 11.0. The van der Waals surface area contributed by atoms with Gasteiger partial charge >= 0.3 is 0 Å². The maximum Gasteiger partial charge on any atom is 0.228 e. The zero-order valence-corrected chi connectivity index (χ0v) is 13.2. The molecule has 108 valence electrons. The third-order valence-corrected chi connectivity index (χ3v) is 6.39. The van der Waals surface area contributed by atoms with Crippen LogP contribution >= 0.6 is 23.1 Å². The molecule has 3 nitrogen and oxygen atoms in total. The van der Waals surface area contributed by atoms with Gasteiger partial charge < -0.3 is 11.1 Å². The number of anilines is 1. The fourth-order valence-electron chi connectivity index (χ4n) is 2.93. The molecular weight excluding hydrogens is 300 g/mol. The first-order chi connectivity index (χ1) is 10.2. The topological polar surface area (TPSA) is 55.1 Å². The Bertz CT molecular complexity index is 700. The fraction of sp³-hybridized carbons (Fsp3) is 0.312. The molecule has 1 aromatic heterocycles. The molecule has 1 unspecified atom stereocenters. The molecule has 0 saturated heterocycles. The maximum absolute atomic E-state index is 11.4. The lowest BCUT2D eigenvalue weighted by molar-refractivity contribution is -0.115. The standard InChI is InChI=1S/C16H16N2OS2/c17-16(14-6-11-8-20-4-3-13(11)21-14)9-1-2-12-10(5-9)7-15(19)18-12/h1-2,5-6,16H,3-4,7-8,17H2,(H,18,19). The molecule has 5 heteroatoms. The van der Waals surface area contributed by atoms with Crippen LogP contribution in [0.25, 0.3) is 0 Å². The number of thiophene rings is 1. The number of thioether (sulfide) groups is 1. The summed E-state index contributed by atoms with van der Waals surface area (Å²) in [6, 6.07) is 8.26. The first kappa shape index (κ1) is 13.4. The van der Waals surface area contributed by atoms with E-state index in [9.17, 15) is 4.79 Å². The number of amides is 1. The van der Waals surface area contributed by atoms with Crippen LogP contribution < -0.4 is 11.1 Å². The van der Waals surface area contributed by atoms with Crippen LogP contribution in [0.3, 0.4) is 0 Å². The number of hydrogen-bond acceptors (Lipinski definition) is 4. The molecule has 0 saturated carbocycles. The second-order valence-corrected chi connectivity index (χ2v) is 7.79. The van der Waals surface area contributed by atoms with Gasteiger partial charge in [-0.2, -0.15) is 11.8 Å². The van der Waals surface area contributed by atoms with E-state index >= 15 is 0 Å². The van der Waals surface area contributed by atoms with Crippen molar-refractivity contribution in [3.8, 4) is 0 Å². The minimum Gasteiger partial charge on any atom is -0.326 e. The summed E-state index contributed by atoms with van der Waals surface area (Å²) in [6.45, 7) is 0. The molecule has 1 aromatic carbocycles. The molecule has 0 bridgehead atoms. The van der Waals surface area contributed by atoms with Gasteiger partial charge in [-0.25, -0.2) is 0 Å². The molecule has 0 fully saturated rings. The van der Waals surface area contributed by atoms with Gasteiger partial charge in [-0.3, -0.25) is 4.79 Å². The van der Waals surface area contributed by atoms with Crippen LogP contribution in [0.2, 0.25) is 0 Å². The quantitative estimate of drug-likeness (QED) is 0.895. The summed E-state index contributed by atoms with van der Waals surface area (Å²) in [5.74, 6) is 2.40. The molecule has 4 rings (SSSR count). The lowest BCUT2D eigenvalue weighted by atomic mass is 10.0. The molecule has 3 heterocycles. The maximum atomic E-state index is 11.4. The van der Waals surface area contributed by atoms with E-state index in [1.165, 1.54) is 27.5 Å². The Hall–Kier alpha value is -1.30. The average molecular weight is 316 g/mol. The van der Waals surface area contributed by atoms with Crippen molar-refractivity contribution in [2.45, 2.75) is 24.6 Å². The van der Waals surface area contributed by atoms with E-state index in [0.717, 1.165) is 22.6 Å². The molecule has 2 aliphatic rings. The van der Waals surface area contributed by atoms with Crippen molar-refractivity contribution >= 4 is 34.7 Å². The molecule has 3 N–H and O–H groups in total. The summed E-state index contributed by atoms with van der Waals surface area (Å²) >= 11 is 3.85. The van der Waals surface area contributed by atoms with E-state index in [-0.39, 0.29) is 11.9 Å². The largest absolute Gasteiger partial charge is 0.326 e. The van der Waals surface area contributed by atoms with Crippen molar-refractivity contribution < 1.29 is 4.79 Å². The lowest BCUT2D eigenvalue weighted by Gasteiger charge is -2.11. The van der Waals surface area contributed by atoms with Crippen LogP contribution in [-0.4, -0.2) is 11.7 Å². The number of aryl methyl sites for hydroxylation is 1. The van der Waals surface area contributed by atoms with Crippen molar-refractivity contribution in [1.82, 2.24) is 0 Å². The summed E-state index contributed by atoms with van der Waals surface area (Å²) < 4.78 is 0. The van der Waals surface area contributed by atoms with E-state index in [1.54, 1.807) is 0 Å². The Morgan fingerprint density at radius 3 is 3.00 bits per heavy atom. The van der Waals surface area contributed by atoms with Crippen molar-refractivity contribution in [3.63, 3.8) is 0 Å². The third kappa shape index (κ3) is 2.39. The number of carbonyl (C=O) groups is 1. The molecule has 1 atom stereocenters. The monoisotopic (exact) mass is 316 g/mol. The highest BCUT2D eigenvalue weighted by molar-refractivity contribution is 7.98. The highest BCUT2D eigenvalue weighted by atomic mass is 32.2. The summed E-state index contributed by atoms with van der Waals surface area (Å²) in [4.78, 5) is 14.2. The molecule has 2 aliphatic heterocycles. The minimum atomic E-state index is -0.0911. The number of carbonyl (C=O) groups excluding carboxylic acids is 1. The molecule has 21 heavy (non-hydrogen) atoms. The number of benzene rings is 1. The molecule has 2 aromatic rings. The minimum absolute atomic E-state index is 0.0688. The molecule has 0 radical (unpaired) electrons. The first-order valence-corrected chi connectivity index (χ1v) is 9.05. The second kappa shape index (κ2) is 5.16. The second-order valence-electron chi connectivity index (χ2n) is 5.52. The number of fused-ring (bicyclic) bond motifs is 2. The predicted molar refractivity (Wildman–Crippen MR) is 89.0 cm³/mol. The molecular formula is C16H16N2OS2. The number of rotatable bonds is 2. The van der Waals surface area contributed by atoms with Gasteiger partial charge in [0, 0.05) is 21.2 Å². The smallest absolute Gasteiger partial charge is 0.228 e. The Labute approximate surface area is 131 Å². The summed E-state index contributed by atoms with van der Waals surface area (Å²) in [5, 5.41) is 2.86. The zero-order chi connectivity index (χ0) is 14.4. The SMILES string of the molecule is NC(c1ccc2c(c1)CC(=O)N2)c1cc2c(s1)CCSC2. The Kier molecular flexibility index (Phi) is 3.28. The Balaban J connectivity index is 1.65. The van der Waals surface area contributed by atoms with Gasteiger partial charge in [-0.1, -0.05) is 12.1 Å². The molecule has 0 aliphatic carbocycles. The van der Waals surface area contributed by atoms with E-state index in [4.69, 9.17) is 5.73 Å². The Morgan fingerprint density at radius 1 is 1.24 bits per heavy atom. The van der Waals surface area contributed by atoms with Crippen LogP contribution in [0.15, 0.2) is 24.3 Å². The number of nitrogens with two attached hydrogens (primary N) is 1. The van der Waals surface area contributed by atoms with E-state index in [2.05, 4.69) is 17.4 Å². The van der Waals surface area contributed by atoms with E-state index in [1.807, 2.05) is 35.2 Å². The van der Waals surface area contributed by atoms with Crippen LogP contribution in [0, 0.1) is 0 Å². The highest BCUT2D eigenvalue weighted by Crippen LogP contribution is 2.36. The highest BCUT2D eigenvalue weighted by Gasteiger charge is 2.21. The lowest BCUT2D eigenvalue weighted by Crippen LogP contribution is -2.10. The number of hydrogen-bond donors (Lipinski definition) is 2. The van der Waals surface area contributed by atoms with Gasteiger partial charge in [0.25, 0.3) is 0 Å². The Morgan fingerprint density at radius 2 is 2.14 bits per heavy atom. The van der Waals surface area contributed by atoms with E-state index < -0.39 is 0 Å². The van der Waals surface area contributed by atoms with Crippen molar-refractivity contribution in [3.05, 3.63) is 50.7 Å². The van der Waals surface area contributed by atoms with Crippen LogP contribution in [0.4, 0.5) is 5.69 Å². The van der Waals surface area contributed by atoms with Crippen molar-refractivity contribution in [2.75, 3.05) is 11.1 Å². The molecule has 1 amide bonds.